The highest BCUT2D eigenvalue weighted by Gasteiger charge is 2.31. The summed E-state index contributed by atoms with van der Waals surface area (Å²) in [7, 11) is 0. The quantitative estimate of drug-likeness (QED) is 0.879. The number of carbonyl (C=O) groups is 1. The first-order valence-electron chi connectivity index (χ1n) is 6.78. The molecule has 0 saturated carbocycles. The fourth-order valence-electron chi connectivity index (χ4n) is 3.09. The summed E-state index contributed by atoms with van der Waals surface area (Å²) in [6, 6.07) is 4.09. The Bertz CT molecular complexity index is 532. The average molecular weight is 324 g/mol. The number of fused-ring (bicyclic) bond motifs is 1. The molecular weight excluding hydrogens is 306 g/mol. The van der Waals surface area contributed by atoms with Crippen LogP contribution in [-0.2, 0) is 4.79 Å². The van der Waals surface area contributed by atoms with E-state index in [2.05, 4.69) is 39.1 Å². The minimum absolute atomic E-state index is 0.118. The monoisotopic (exact) mass is 323 g/mol. The summed E-state index contributed by atoms with van der Waals surface area (Å²) in [6.07, 6.45) is 3.62. The van der Waals surface area contributed by atoms with E-state index >= 15 is 0 Å². The highest BCUT2D eigenvalue weighted by Crippen LogP contribution is 2.40. The van der Waals surface area contributed by atoms with Crippen LogP contribution in [0.1, 0.15) is 37.8 Å². The van der Waals surface area contributed by atoms with Gasteiger partial charge < -0.3 is 16.0 Å². The fraction of sp³-hybridized carbons (Fsp3) is 0.500. The molecule has 1 aromatic rings. The summed E-state index contributed by atoms with van der Waals surface area (Å²) in [4.78, 5) is 14.1. The number of nitrogens with two attached hydrogens (primary N) is 1. The number of amides is 1. The van der Waals surface area contributed by atoms with Crippen molar-refractivity contribution >= 4 is 33.2 Å². The standard InChI is InChI=1S/C14H18BrN3O/c1-2-8-4-3-5-18(8)12-7-11-9(6-10(12)15)13(16)14(19)17-11/h6-8,13H,2-5,16H2,1H3,(H,17,19). The van der Waals surface area contributed by atoms with Crippen LogP contribution in [0.2, 0.25) is 0 Å². The summed E-state index contributed by atoms with van der Waals surface area (Å²) in [5, 5.41) is 2.86. The van der Waals surface area contributed by atoms with Crippen molar-refractivity contribution in [3.63, 3.8) is 0 Å². The molecule has 4 nitrogen and oxygen atoms in total. The van der Waals surface area contributed by atoms with Crippen molar-refractivity contribution in [1.29, 1.82) is 0 Å². The number of rotatable bonds is 2. The molecule has 0 aromatic heterocycles. The number of hydrogen-bond donors (Lipinski definition) is 2. The molecule has 0 radical (unpaired) electrons. The van der Waals surface area contributed by atoms with Crippen molar-refractivity contribution < 1.29 is 4.79 Å². The van der Waals surface area contributed by atoms with E-state index in [1.54, 1.807) is 0 Å². The van der Waals surface area contributed by atoms with Crippen LogP contribution in [0.5, 0.6) is 0 Å². The highest BCUT2D eigenvalue weighted by atomic mass is 79.9. The van der Waals surface area contributed by atoms with Crippen LogP contribution in [0.4, 0.5) is 11.4 Å². The average Bonchev–Trinajstić information content (AvgIpc) is 2.96. The minimum atomic E-state index is -0.541. The zero-order chi connectivity index (χ0) is 13.6. The Morgan fingerprint density at radius 2 is 2.32 bits per heavy atom. The van der Waals surface area contributed by atoms with Crippen LogP contribution < -0.4 is 16.0 Å². The molecule has 2 unspecified atom stereocenters. The number of anilines is 2. The molecule has 5 heteroatoms. The van der Waals surface area contributed by atoms with Gasteiger partial charge in [0.25, 0.3) is 0 Å². The number of nitrogens with zero attached hydrogens (tertiary/aromatic N) is 1. The van der Waals surface area contributed by atoms with Crippen molar-refractivity contribution in [2.24, 2.45) is 5.73 Å². The second-order valence-corrected chi connectivity index (χ2v) is 6.11. The lowest BCUT2D eigenvalue weighted by molar-refractivity contribution is -0.116. The smallest absolute Gasteiger partial charge is 0.245 e. The van der Waals surface area contributed by atoms with Gasteiger partial charge in [-0.2, -0.15) is 0 Å². The molecule has 1 amide bonds. The lowest BCUT2D eigenvalue weighted by Gasteiger charge is -2.27. The first-order chi connectivity index (χ1) is 9.11. The summed E-state index contributed by atoms with van der Waals surface area (Å²) < 4.78 is 1.03. The van der Waals surface area contributed by atoms with Crippen LogP contribution in [0.25, 0.3) is 0 Å². The summed E-state index contributed by atoms with van der Waals surface area (Å²) in [5.41, 5.74) is 8.77. The Balaban J connectivity index is 2.00. The molecule has 0 aliphatic carbocycles. The van der Waals surface area contributed by atoms with Gasteiger partial charge in [0.15, 0.2) is 0 Å². The van der Waals surface area contributed by atoms with Crippen molar-refractivity contribution in [1.82, 2.24) is 0 Å². The Labute approximate surface area is 121 Å². The molecule has 1 aromatic carbocycles. The van der Waals surface area contributed by atoms with E-state index in [-0.39, 0.29) is 5.91 Å². The van der Waals surface area contributed by atoms with Gasteiger partial charge in [0.2, 0.25) is 5.91 Å². The second kappa shape index (κ2) is 4.80. The molecule has 2 aliphatic rings. The van der Waals surface area contributed by atoms with Crippen LogP contribution >= 0.6 is 15.9 Å². The maximum atomic E-state index is 11.6. The minimum Gasteiger partial charge on any atom is -0.368 e. The van der Waals surface area contributed by atoms with Gasteiger partial charge in [-0.3, -0.25) is 4.79 Å². The van der Waals surface area contributed by atoms with Gasteiger partial charge in [-0.25, -0.2) is 0 Å². The van der Waals surface area contributed by atoms with Crippen molar-refractivity contribution in [3.8, 4) is 0 Å². The van der Waals surface area contributed by atoms with Crippen LogP contribution in [0.3, 0.4) is 0 Å². The molecule has 2 atom stereocenters. The van der Waals surface area contributed by atoms with Crippen LogP contribution in [0.15, 0.2) is 16.6 Å². The van der Waals surface area contributed by atoms with Crippen molar-refractivity contribution in [3.05, 3.63) is 22.2 Å². The van der Waals surface area contributed by atoms with E-state index in [0.717, 1.165) is 34.4 Å². The van der Waals surface area contributed by atoms with Gasteiger partial charge in [-0.15, -0.1) is 0 Å². The normalized spacial score (nSPS) is 25.6. The predicted octanol–water partition coefficient (Wildman–Crippen LogP) is 2.78. The Kier molecular flexibility index (Phi) is 3.27. The van der Waals surface area contributed by atoms with E-state index in [0.29, 0.717) is 6.04 Å². The molecule has 0 spiro atoms. The van der Waals surface area contributed by atoms with Crippen molar-refractivity contribution in [2.45, 2.75) is 38.3 Å². The van der Waals surface area contributed by atoms with Gasteiger partial charge in [-0.05, 0) is 47.3 Å². The third kappa shape index (κ3) is 2.05. The van der Waals surface area contributed by atoms with E-state index in [1.807, 2.05) is 6.07 Å². The van der Waals surface area contributed by atoms with Crippen LogP contribution in [0, 0.1) is 0 Å². The first kappa shape index (κ1) is 12.9. The summed E-state index contributed by atoms with van der Waals surface area (Å²) in [5.74, 6) is -0.118. The third-order valence-corrected chi connectivity index (χ3v) is 4.79. The first-order valence-corrected chi connectivity index (χ1v) is 7.57. The Morgan fingerprint density at radius 1 is 1.53 bits per heavy atom. The zero-order valence-electron chi connectivity index (χ0n) is 10.9. The molecule has 0 bridgehead atoms. The summed E-state index contributed by atoms with van der Waals surface area (Å²) >= 11 is 3.63. The molecule has 2 heterocycles. The predicted molar refractivity (Wildman–Crippen MR) is 80.4 cm³/mol. The molecule has 3 rings (SSSR count). The highest BCUT2D eigenvalue weighted by molar-refractivity contribution is 9.10. The molecule has 102 valence electrons. The van der Waals surface area contributed by atoms with Gasteiger partial charge >= 0.3 is 0 Å². The number of nitrogens with one attached hydrogen (secondary N) is 1. The molecule has 3 N–H and O–H groups in total. The van der Waals surface area contributed by atoms with E-state index in [9.17, 15) is 4.79 Å². The molecule has 1 fully saturated rings. The summed E-state index contributed by atoms with van der Waals surface area (Å²) in [6.45, 7) is 3.30. The van der Waals surface area contributed by atoms with Crippen LogP contribution in [-0.4, -0.2) is 18.5 Å². The van der Waals surface area contributed by atoms with Gasteiger partial charge in [0.1, 0.15) is 6.04 Å². The maximum absolute atomic E-state index is 11.6. The molecule has 1 saturated heterocycles. The third-order valence-electron chi connectivity index (χ3n) is 4.15. The maximum Gasteiger partial charge on any atom is 0.245 e. The lowest BCUT2D eigenvalue weighted by Crippen LogP contribution is -2.28. The molecular formula is C14H18BrN3O. The topological polar surface area (TPSA) is 58.4 Å². The van der Waals surface area contributed by atoms with E-state index < -0.39 is 6.04 Å². The second-order valence-electron chi connectivity index (χ2n) is 5.26. The largest absolute Gasteiger partial charge is 0.368 e. The van der Waals surface area contributed by atoms with Crippen molar-refractivity contribution in [2.75, 3.05) is 16.8 Å². The number of hydrogen-bond acceptors (Lipinski definition) is 3. The number of carbonyl (C=O) groups excluding carboxylic acids is 1. The SMILES string of the molecule is CCC1CCCN1c1cc2c(cc1Br)C(N)C(=O)N2. The lowest BCUT2D eigenvalue weighted by atomic mass is 10.1. The van der Waals surface area contributed by atoms with E-state index in [4.69, 9.17) is 5.73 Å². The van der Waals surface area contributed by atoms with Gasteiger partial charge in [0, 0.05) is 28.3 Å². The zero-order valence-corrected chi connectivity index (χ0v) is 12.5. The molecule has 2 aliphatic heterocycles. The van der Waals surface area contributed by atoms with Gasteiger partial charge in [0.05, 0.1) is 5.69 Å². The van der Waals surface area contributed by atoms with Gasteiger partial charge in [-0.1, -0.05) is 6.92 Å². The Hall–Kier alpha value is -1.07. The Morgan fingerprint density at radius 3 is 3.05 bits per heavy atom. The molecule has 19 heavy (non-hydrogen) atoms. The van der Waals surface area contributed by atoms with E-state index in [1.165, 1.54) is 12.8 Å². The number of benzene rings is 1. The fourth-order valence-corrected chi connectivity index (χ4v) is 3.68. The number of halogens is 1.